The molecule has 6 heteroatoms. The van der Waals surface area contributed by atoms with Gasteiger partial charge in [0.05, 0.1) is 11.9 Å². The minimum atomic E-state index is -0.0340. The molecule has 1 fully saturated rings. The van der Waals surface area contributed by atoms with E-state index in [0.29, 0.717) is 11.4 Å². The van der Waals surface area contributed by atoms with Crippen molar-refractivity contribution in [2.45, 2.75) is 0 Å². The van der Waals surface area contributed by atoms with Crippen LogP contribution < -0.4 is 10.6 Å². The van der Waals surface area contributed by atoms with Crippen molar-refractivity contribution in [3.8, 4) is 0 Å². The summed E-state index contributed by atoms with van der Waals surface area (Å²) in [6.07, 6.45) is 3.01. The molecule has 0 unspecified atom stereocenters. The molecule has 0 spiro atoms. The standard InChI is InChI=1S/C10H15N5O/c1-11-8-6-13-7-14-9(8)10(16)15-4-2-12-3-5-15/h6-7,11-12H,2-5H2,1H3. The quantitative estimate of drug-likeness (QED) is 0.708. The van der Waals surface area contributed by atoms with E-state index in [1.165, 1.54) is 6.33 Å². The Morgan fingerprint density at radius 3 is 2.94 bits per heavy atom. The first-order chi connectivity index (χ1) is 7.83. The van der Waals surface area contributed by atoms with E-state index >= 15 is 0 Å². The number of carbonyl (C=O) groups excluding carboxylic acids is 1. The Bertz CT molecular complexity index is 375. The summed E-state index contributed by atoms with van der Waals surface area (Å²) in [6.45, 7) is 3.13. The Balaban J connectivity index is 2.19. The van der Waals surface area contributed by atoms with Gasteiger partial charge in [-0.05, 0) is 0 Å². The predicted octanol–water partition coefficient (Wildman–Crippen LogP) is -0.436. The second kappa shape index (κ2) is 4.89. The van der Waals surface area contributed by atoms with E-state index in [-0.39, 0.29) is 5.91 Å². The van der Waals surface area contributed by atoms with Gasteiger partial charge in [0.25, 0.3) is 5.91 Å². The molecular formula is C10H15N5O. The van der Waals surface area contributed by atoms with Crippen molar-refractivity contribution < 1.29 is 4.79 Å². The first-order valence-electron chi connectivity index (χ1n) is 5.30. The van der Waals surface area contributed by atoms with Crippen molar-refractivity contribution in [2.75, 3.05) is 38.5 Å². The molecule has 1 saturated heterocycles. The van der Waals surface area contributed by atoms with Gasteiger partial charge in [0, 0.05) is 33.2 Å². The molecule has 1 amide bonds. The van der Waals surface area contributed by atoms with Crippen LogP contribution in [0.3, 0.4) is 0 Å². The highest BCUT2D eigenvalue weighted by Gasteiger charge is 2.21. The maximum atomic E-state index is 12.1. The number of amides is 1. The molecule has 1 aromatic heterocycles. The van der Waals surface area contributed by atoms with Gasteiger partial charge in [-0.25, -0.2) is 9.97 Å². The fourth-order valence-corrected chi connectivity index (χ4v) is 1.70. The lowest BCUT2D eigenvalue weighted by molar-refractivity contribution is 0.0731. The molecule has 86 valence electrons. The van der Waals surface area contributed by atoms with E-state index in [2.05, 4.69) is 20.6 Å². The van der Waals surface area contributed by atoms with Crippen molar-refractivity contribution in [2.24, 2.45) is 0 Å². The Labute approximate surface area is 94.1 Å². The lowest BCUT2D eigenvalue weighted by atomic mass is 10.2. The highest BCUT2D eigenvalue weighted by atomic mass is 16.2. The van der Waals surface area contributed by atoms with Crippen LogP contribution in [-0.4, -0.2) is 54.0 Å². The van der Waals surface area contributed by atoms with Gasteiger partial charge in [-0.15, -0.1) is 0 Å². The number of aromatic nitrogens is 2. The summed E-state index contributed by atoms with van der Waals surface area (Å²) in [5.74, 6) is -0.0340. The fourth-order valence-electron chi connectivity index (χ4n) is 1.70. The summed E-state index contributed by atoms with van der Waals surface area (Å²) in [5, 5.41) is 6.13. The monoisotopic (exact) mass is 221 g/mol. The van der Waals surface area contributed by atoms with Crippen molar-refractivity contribution in [3.63, 3.8) is 0 Å². The van der Waals surface area contributed by atoms with Crippen LogP contribution in [0.2, 0.25) is 0 Å². The Morgan fingerprint density at radius 1 is 1.50 bits per heavy atom. The van der Waals surface area contributed by atoms with Crippen LogP contribution in [0.1, 0.15) is 10.5 Å². The normalized spacial score (nSPS) is 15.9. The van der Waals surface area contributed by atoms with Crippen molar-refractivity contribution in [3.05, 3.63) is 18.2 Å². The van der Waals surface area contributed by atoms with E-state index in [4.69, 9.17) is 0 Å². The number of nitrogens with one attached hydrogen (secondary N) is 2. The number of rotatable bonds is 2. The van der Waals surface area contributed by atoms with Crippen molar-refractivity contribution >= 4 is 11.6 Å². The zero-order valence-corrected chi connectivity index (χ0v) is 9.23. The summed E-state index contributed by atoms with van der Waals surface area (Å²) in [6, 6.07) is 0. The smallest absolute Gasteiger partial charge is 0.274 e. The summed E-state index contributed by atoms with van der Waals surface area (Å²) in [7, 11) is 1.76. The first kappa shape index (κ1) is 10.8. The molecule has 2 rings (SSSR count). The molecule has 16 heavy (non-hydrogen) atoms. The van der Waals surface area contributed by atoms with Gasteiger partial charge in [0.2, 0.25) is 0 Å². The number of anilines is 1. The topological polar surface area (TPSA) is 70.2 Å². The van der Waals surface area contributed by atoms with Crippen LogP contribution in [0, 0.1) is 0 Å². The molecule has 1 aromatic rings. The van der Waals surface area contributed by atoms with Crippen molar-refractivity contribution in [1.29, 1.82) is 0 Å². The average molecular weight is 221 g/mol. The minimum Gasteiger partial charge on any atom is -0.385 e. The maximum Gasteiger partial charge on any atom is 0.274 e. The average Bonchev–Trinajstić information content (AvgIpc) is 2.39. The largest absolute Gasteiger partial charge is 0.385 e. The van der Waals surface area contributed by atoms with Gasteiger partial charge in [-0.1, -0.05) is 0 Å². The molecule has 0 aromatic carbocycles. The highest BCUT2D eigenvalue weighted by Crippen LogP contribution is 2.12. The minimum absolute atomic E-state index is 0.0340. The number of hydrogen-bond donors (Lipinski definition) is 2. The zero-order valence-electron chi connectivity index (χ0n) is 9.23. The summed E-state index contributed by atoms with van der Waals surface area (Å²) < 4.78 is 0. The van der Waals surface area contributed by atoms with E-state index in [1.54, 1.807) is 18.1 Å². The molecule has 1 aliphatic heterocycles. The van der Waals surface area contributed by atoms with Gasteiger partial charge in [0.15, 0.2) is 5.69 Å². The van der Waals surface area contributed by atoms with Gasteiger partial charge >= 0.3 is 0 Å². The molecule has 2 heterocycles. The van der Waals surface area contributed by atoms with E-state index in [9.17, 15) is 4.79 Å². The number of piperazine rings is 1. The van der Waals surface area contributed by atoms with E-state index < -0.39 is 0 Å². The number of hydrogen-bond acceptors (Lipinski definition) is 5. The molecule has 0 bridgehead atoms. The lowest BCUT2D eigenvalue weighted by Crippen LogP contribution is -2.46. The number of nitrogens with zero attached hydrogens (tertiary/aromatic N) is 3. The fraction of sp³-hybridized carbons (Fsp3) is 0.500. The van der Waals surface area contributed by atoms with Crippen LogP contribution in [0.25, 0.3) is 0 Å². The second-order valence-corrected chi connectivity index (χ2v) is 3.58. The first-order valence-corrected chi connectivity index (χ1v) is 5.30. The summed E-state index contributed by atoms with van der Waals surface area (Å²) in [4.78, 5) is 21.9. The molecule has 0 saturated carbocycles. The highest BCUT2D eigenvalue weighted by molar-refractivity contribution is 5.97. The molecule has 0 atom stereocenters. The number of carbonyl (C=O) groups is 1. The van der Waals surface area contributed by atoms with Crippen LogP contribution in [0.4, 0.5) is 5.69 Å². The van der Waals surface area contributed by atoms with Gasteiger partial charge < -0.3 is 15.5 Å². The lowest BCUT2D eigenvalue weighted by Gasteiger charge is -2.27. The molecular weight excluding hydrogens is 206 g/mol. The SMILES string of the molecule is CNc1cncnc1C(=O)N1CCNCC1. The Hall–Kier alpha value is -1.69. The Morgan fingerprint density at radius 2 is 2.25 bits per heavy atom. The summed E-state index contributed by atoms with van der Waals surface area (Å²) >= 11 is 0. The van der Waals surface area contributed by atoms with Crippen LogP contribution in [-0.2, 0) is 0 Å². The molecule has 1 aliphatic rings. The second-order valence-electron chi connectivity index (χ2n) is 3.58. The van der Waals surface area contributed by atoms with E-state index in [0.717, 1.165) is 26.2 Å². The van der Waals surface area contributed by atoms with Gasteiger partial charge in [0.1, 0.15) is 6.33 Å². The van der Waals surface area contributed by atoms with Gasteiger partial charge in [-0.3, -0.25) is 4.79 Å². The third kappa shape index (κ3) is 2.11. The Kier molecular flexibility index (Phi) is 3.31. The van der Waals surface area contributed by atoms with E-state index in [1.807, 2.05) is 0 Å². The molecule has 6 nitrogen and oxygen atoms in total. The zero-order chi connectivity index (χ0) is 11.4. The molecule has 2 N–H and O–H groups in total. The predicted molar refractivity (Wildman–Crippen MR) is 60.4 cm³/mol. The van der Waals surface area contributed by atoms with Crippen LogP contribution in [0.5, 0.6) is 0 Å². The van der Waals surface area contributed by atoms with Crippen LogP contribution >= 0.6 is 0 Å². The van der Waals surface area contributed by atoms with Gasteiger partial charge in [-0.2, -0.15) is 0 Å². The molecule has 0 radical (unpaired) electrons. The third-order valence-corrected chi connectivity index (χ3v) is 2.59. The molecule has 0 aliphatic carbocycles. The van der Waals surface area contributed by atoms with Crippen LogP contribution in [0.15, 0.2) is 12.5 Å². The summed E-state index contributed by atoms with van der Waals surface area (Å²) in [5.41, 5.74) is 1.12. The maximum absolute atomic E-state index is 12.1. The van der Waals surface area contributed by atoms with Crippen molar-refractivity contribution in [1.82, 2.24) is 20.2 Å². The third-order valence-electron chi connectivity index (χ3n) is 2.59.